The van der Waals surface area contributed by atoms with Crippen molar-refractivity contribution in [3.8, 4) is 5.75 Å². The van der Waals surface area contributed by atoms with Gasteiger partial charge in [0.15, 0.2) is 0 Å². The average molecular weight is 365 g/mol. The van der Waals surface area contributed by atoms with Crippen molar-refractivity contribution in [2.24, 2.45) is 11.0 Å². The van der Waals surface area contributed by atoms with Gasteiger partial charge in [-0.3, -0.25) is 9.59 Å². The minimum absolute atomic E-state index is 0.0468. The van der Waals surface area contributed by atoms with Gasteiger partial charge in [0, 0.05) is 18.7 Å². The lowest BCUT2D eigenvalue weighted by Gasteiger charge is -2.16. The average Bonchev–Trinajstić information content (AvgIpc) is 3.06. The predicted octanol–water partition coefficient (Wildman–Crippen LogP) is 2.90. The van der Waals surface area contributed by atoms with Crippen LogP contribution in [0.1, 0.15) is 24.5 Å². The van der Waals surface area contributed by atoms with Crippen molar-refractivity contribution in [3.63, 3.8) is 0 Å². The van der Waals surface area contributed by atoms with E-state index in [1.807, 2.05) is 62.4 Å². The minimum atomic E-state index is -0.406. The van der Waals surface area contributed by atoms with Gasteiger partial charge in [0.1, 0.15) is 5.75 Å². The van der Waals surface area contributed by atoms with Gasteiger partial charge in [-0.1, -0.05) is 17.7 Å². The van der Waals surface area contributed by atoms with E-state index in [0.717, 1.165) is 22.6 Å². The highest BCUT2D eigenvalue weighted by Gasteiger charge is 2.35. The van der Waals surface area contributed by atoms with Crippen LogP contribution in [0, 0.1) is 12.8 Å². The molecule has 27 heavy (non-hydrogen) atoms. The molecule has 6 nitrogen and oxygen atoms in total. The molecule has 0 saturated carbocycles. The summed E-state index contributed by atoms with van der Waals surface area (Å²) in [5, 5.41) is 4.00. The molecule has 0 aliphatic carbocycles. The molecule has 0 aromatic heterocycles. The molecule has 140 valence electrons. The van der Waals surface area contributed by atoms with Crippen LogP contribution in [0.3, 0.4) is 0 Å². The first-order valence-electron chi connectivity index (χ1n) is 8.99. The van der Waals surface area contributed by atoms with Gasteiger partial charge in [0.2, 0.25) is 11.8 Å². The summed E-state index contributed by atoms with van der Waals surface area (Å²) in [4.78, 5) is 26.2. The summed E-state index contributed by atoms with van der Waals surface area (Å²) < 4.78 is 5.38. The van der Waals surface area contributed by atoms with Crippen molar-refractivity contribution in [2.45, 2.75) is 20.3 Å². The van der Waals surface area contributed by atoms with E-state index in [-0.39, 0.29) is 18.2 Å². The molecule has 1 fully saturated rings. The fourth-order valence-corrected chi connectivity index (χ4v) is 2.94. The molecule has 2 aromatic carbocycles. The normalized spacial score (nSPS) is 16.7. The van der Waals surface area contributed by atoms with Crippen LogP contribution < -0.4 is 15.1 Å². The van der Waals surface area contributed by atoms with E-state index in [1.165, 1.54) is 0 Å². The van der Waals surface area contributed by atoms with Crippen molar-refractivity contribution in [2.75, 3.05) is 18.1 Å². The number of aryl methyl sites for hydroxylation is 1. The smallest absolute Gasteiger partial charge is 0.245 e. The third-order valence-corrected chi connectivity index (χ3v) is 4.42. The number of benzene rings is 2. The van der Waals surface area contributed by atoms with Gasteiger partial charge in [0.25, 0.3) is 0 Å². The summed E-state index contributed by atoms with van der Waals surface area (Å²) in [5.41, 5.74) is 5.33. The van der Waals surface area contributed by atoms with Crippen LogP contribution >= 0.6 is 0 Å². The second-order valence-corrected chi connectivity index (χ2v) is 6.48. The number of rotatable bonds is 6. The molecule has 1 saturated heterocycles. The van der Waals surface area contributed by atoms with Crippen LogP contribution in [0.5, 0.6) is 5.75 Å². The first-order valence-corrected chi connectivity index (χ1v) is 8.99. The van der Waals surface area contributed by atoms with E-state index < -0.39 is 5.92 Å². The summed E-state index contributed by atoms with van der Waals surface area (Å²) in [6.45, 7) is 4.91. The van der Waals surface area contributed by atoms with Crippen LogP contribution in [-0.4, -0.2) is 31.2 Å². The zero-order valence-corrected chi connectivity index (χ0v) is 15.5. The highest BCUT2D eigenvalue weighted by Crippen LogP contribution is 2.25. The quantitative estimate of drug-likeness (QED) is 0.632. The molecule has 6 heteroatoms. The molecule has 1 heterocycles. The van der Waals surface area contributed by atoms with E-state index in [4.69, 9.17) is 4.74 Å². The lowest BCUT2D eigenvalue weighted by molar-refractivity contribution is -0.126. The van der Waals surface area contributed by atoms with Crippen LogP contribution in [0.25, 0.3) is 0 Å². The maximum Gasteiger partial charge on any atom is 0.245 e. The Morgan fingerprint density at radius 3 is 2.59 bits per heavy atom. The van der Waals surface area contributed by atoms with Gasteiger partial charge >= 0.3 is 0 Å². The number of anilines is 1. The Labute approximate surface area is 158 Å². The lowest BCUT2D eigenvalue weighted by Crippen LogP contribution is -2.30. The van der Waals surface area contributed by atoms with Gasteiger partial charge in [-0.05, 0) is 55.8 Å². The van der Waals surface area contributed by atoms with E-state index in [2.05, 4.69) is 10.5 Å². The predicted molar refractivity (Wildman–Crippen MR) is 105 cm³/mol. The van der Waals surface area contributed by atoms with E-state index in [9.17, 15) is 9.59 Å². The summed E-state index contributed by atoms with van der Waals surface area (Å²) in [7, 11) is 0. The Kier molecular flexibility index (Phi) is 5.86. The summed E-state index contributed by atoms with van der Waals surface area (Å²) in [6.07, 6.45) is 1.76. The number of carbonyl (C=O) groups is 2. The SMILES string of the molecule is CCOc1ccc(/C=N/NC(=O)[C@@H]2CC(=O)N(c3ccc(C)cc3)C2)cc1. The van der Waals surface area contributed by atoms with Crippen LogP contribution in [0.2, 0.25) is 0 Å². The van der Waals surface area contributed by atoms with E-state index in [1.54, 1.807) is 11.1 Å². The van der Waals surface area contributed by atoms with Gasteiger partial charge in [-0.15, -0.1) is 0 Å². The third kappa shape index (κ3) is 4.73. The number of nitrogens with one attached hydrogen (secondary N) is 1. The number of amides is 2. The molecule has 1 atom stereocenters. The Balaban J connectivity index is 1.55. The van der Waals surface area contributed by atoms with Gasteiger partial charge < -0.3 is 9.64 Å². The van der Waals surface area contributed by atoms with Crippen molar-refractivity contribution < 1.29 is 14.3 Å². The molecule has 0 unspecified atom stereocenters. The monoisotopic (exact) mass is 365 g/mol. The fraction of sp³-hybridized carbons (Fsp3) is 0.286. The number of hydrazone groups is 1. The molecule has 1 aliphatic heterocycles. The first kappa shape index (κ1) is 18.6. The Bertz CT molecular complexity index is 829. The van der Waals surface area contributed by atoms with Gasteiger partial charge in [0.05, 0.1) is 18.7 Å². The van der Waals surface area contributed by atoms with Crippen molar-refractivity contribution in [3.05, 3.63) is 59.7 Å². The van der Waals surface area contributed by atoms with Gasteiger partial charge in [-0.25, -0.2) is 5.43 Å². The number of hydrogen-bond acceptors (Lipinski definition) is 4. The Hall–Kier alpha value is -3.15. The fourth-order valence-electron chi connectivity index (χ4n) is 2.94. The number of carbonyl (C=O) groups excluding carboxylic acids is 2. The Morgan fingerprint density at radius 2 is 1.93 bits per heavy atom. The maximum absolute atomic E-state index is 12.3. The molecule has 1 N–H and O–H groups in total. The van der Waals surface area contributed by atoms with E-state index >= 15 is 0 Å². The molecule has 0 spiro atoms. The second-order valence-electron chi connectivity index (χ2n) is 6.48. The molecule has 3 rings (SSSR count). The van der Waals surface area contributed by atoms with Crippen molar-refractivity contribution in [1.29, 1.82) is 0 Å². The largest absolute Gasteiger partial charge is 0.494 e. The Morgan fingerprint density at radius 1 is 1.22 bits per heavy atom. The topological polar surface area (TPSA) is 71.0 Å². The van der Waals surface area contributed by atoms with Gasteiger partial charge in [-0.2, -0.15) is 5.10 Å². The highest BCUT2D eigenvalue weighted by atomic mass is 16.5. The van der Waals surface area contributed by atoms with Crippen LogP contribution in [-0.2, 0) is 9.59 Å². The third-order valence-electron chi connectivity index (χ3n) is 4.42. The highest BCUT2D eigenvalue weighted by molar-refractivity contribution is 6.00. The standard InChI is InChI=1S/C21H23N3O3/c1-3-27-19-10-6-16(7-11-19)13-22-23-21(26)17-12-20(25)24(14-17)18-8-4-15(2)5-9-18/h4-11,13,17H,3,12,14H2,1-2H3,(H,23,26)/b22-13+/t17-/m1/s1. The van der Waals surface area contributed by atoms with Crippen LogP contribution in [0.4, 0.5) is 5.69 Å². The van der Waals surface area contributed by atoms with Crippen molar-refractivity contribution in [1.82, 2.24) is 5.43 Å². The molecule has 0 bridgehead atoms. The van der Waals surface area contributed by atoms with E-state index in [0.29, 0.717) is 13.2 Å². The number of nitrogens with zero attached hydrogens (tertiary/aromatic N) is 2. The maximum atomic E-state index is 12.3. The summed E-state index contributed by atoms with van der Waals surface area (Å²) >= 11 is 0. The molecular weight excluding hydrogens is 342 g/mol. The summed E-state index contributed by atoms with van der Waals surface area (Å²) in [5.74, 6) is 0.0882. The lowest BCUT2D eigenvalue weighted by atomic mass is 10.1. The summed E-state index contributed by atoms with van der Waals surface area (Å²) in [6, 6.07) is 15.1. The molecule has 2 aromatic rings. The zero-order valence-electron chi connectivity index (χ0n) is 15.5. The number of hydrogen-bond donors (Lipinski definition) is 1. The number of ether oxygens (including phenoxy) is 1. The van der Waals surface area contributed by atoms with Crippen LogP contribution in [0.15, 0.2) is 53.6 Å². The second kappa shape index (κ2) is 8.49. The zero-order chi connectivity index (χ0) is 19.2. The molecule has 2 amide bonds. The molecular formula is C21H23N3O3. The first-order chi connectivity index (χ1) is 13.1. The van der Waals surface area contributed by atoms with Crippen molar-refractivity contribution >= 4 is 23.7 Å². The minimum Gasteiger partial charge on any atom is -0.494 e. The molecule has 0 radical (unpaired) electrons. The molecule has 1 aliphatic rings.